The second-order valence-corrected chi connectivity index (χ2v) is 7.57. The molecule has 1 aromatic carbocycles. The van der Waals surface area contributed by atoms with Crippen molar-refractivity contribution in [1.82, 2.24) is 9.62 Å². The Morgan fingerprint density at radius 1 is 1.35 bits per heavy atom. The zero-order chi connectivity index (χ0) is 17.2. The van der Waals surface area contributed by atoms with Crippen LogP contribution in [0.25, 0.3) is 0 Å². The highest BCUT2D eigenvalue weighted by atomic mass is 35.5. The number of esters is 1. The lowest BCUT2D eigenvalue weighted by atomic mass is 10.1. The number of ether oxygens (including phenoxy) is 1. The molecule has 1 saturated heterocycles. The first-order chi connectivity index (χ1) is 10.8. The Kier molecular flexibility index (Phi) is 5.51. The first-order valence-corrected chi connectivity index (χ1v) is 8.78. The summed E-state index contributed by atoms with van der Waals surface area (Å²) in [5, 5.41) is 2.84. The van der Waals surface area contributed by atoms with E-state index in [-0.39, 0.29) is 34.5 Å². The van der Waals surface area contributed by atoms with Gasteiger partial charge in [-0.3, -0.25) is 9.59 Å². The highest BCUT2D eigenvalue weighted by Gasteiger charge is 2.40. The number of nitrogens with zero attached hydrogens (tertiary/aromatic N) is 1. The van der Waals surface area contributed by atoms with Gasteiger partial charge in [0.2, 0.25) is 15.9 Å². The molecule has 0 aliphatic carbocycles. The molecule has 1 aliphatic rings. The summed E-state index contributed by atoms with van der Waals surface area (Å²) in [6.45, 7) is 0.171. The van der Waals surface area contributed by atoms with Crippen LogP contribution < -0.4 is 5.32 Å². The maximum absolute atomic E-state index is 12.8. The van der Waals surface area contributed by atoms with Crippen LogP contribution in [-0.4, -0.2) is 50.8 Å². The van der Waals surface area contributed by atoms with Crippen molar-refractivity contribution >= 4 is 45.1 Å². The van der Waals surface area contributed by atoms with Crippen LogP contribution in [0.1, 0.15) is 6.42 Å². The molecule has 1 aromatic rings. The van der Waals surface area contributed by atoms with Gasteiger partial charge in [0.25, 0.3) is 0 Å². The lowest BCUT2D eigenvalue weighted by Gasteiger charge is -2.33. The molecule has 126 valence electrons. The number of piperazine rings is 1. The lowest BCUT2D eigenvalue weighted by Crippen LogP contribution is -2.57. The Balaban J connectivity index is 2.42. The molecule has 0 aromatic heterocycles. The van der Waals surface area contributed by atoms with E-state index in [0.29, 0.717) is 0 Å². The van der Waals surface area contributed by atoms with Gasteiger partial charge in [-0.15, -0.1) is 0 Å². The average molecular weight is 381 g/mol. The number of methoxy groups -OCH3 is 1. The molecule has 0 bridgehead atoms. The second kappa shape index (κ2) is 7.04. The number of carbonyl (C=O) groups is 2. The normalized spacial score (nSPS) is 19.3. The fourth-order valence-corrected chi connectivity index (χ4v) is 4.54. The predicted molar refractivity (Wildman–Crippen MR) is 83.8 cm³/mol. The number of sulfonamides is 1. The van der Waals surface area contributed by atoms with Crippen LogP contribution in [0.15, 0.2) is 23.1 Å². The van der Waals surface area contributed by atoms with E-state index >= 15 is 0 Å². The van der Waals surface area contributed by atoms with Crippen LogP contribution in [0.3, 0.4) is 0 Å². The molecule has 0 radical (unpaired) electrons. The Hall–Kier alpha value is -1.35. The zero-order valence-corrected chi connectivity index (χ0v) is 14.4. The van der Waals surface area contributed by atoms with Gasteiger partial charge in [0.05, 0.1) is 18.4 Å². The van der Waals surface area contributed by atoms with E-state index in [1.165, 1.54) is 25.3 Å². The third-order valence-corrected chi connectivity index (χ3v) is 5.63. The van der Waals surface area contributed by atoms with Crippen LogP contribution in [0.2, 0.25) is 10.0 Å². The van der Waals surface area contributed by atoms with Crippen molar-refractivity contribution < 1.29 is 22.7 Å². The molecule has 23 heavy (non-hydrogen) atoms. The first kappa shape index (κ1) is 18.0. The summed E-state index contributed by atoms with van der Waals surface area (Å²) in [5.74, 6) is -1.24. The molecule has 1 atom stereocenters. The number of rotatable bonds is 4. The van der Waals surface area contributed by atoms with E-state index in [1.54, 1.807) is 0 Å². The summed E-state index contributed by atoms with van der Waals surface area (Å²) in [4.78, 5) is 23.3. The highest BCUT2D eigenvalue weighted by molar-refractivity contribution is 7.89. The number of amides is 1. The SMILES string of the molecule is COC(=O)C[C@@H]1C(=O)NCCN1S(=O)(=O)c1cc(Cl)cc(Cl)c1. The largest absolute Gasteiger partial charge is 0.469 e. The third-order valence-electron chi connectivity index (χ3n) is 3.31. The van der Waals surface area contributed by atoms with Gasteiger partial charge < -0.3 is 10.1 Å². The van der Waals surface area contributed by atoms with E-state index in [2.05, 4.69) is 10.1 Å². The molecular formula is C13H14Cl2N2O5S. The standard InChI is InChI=1S/C13H14Cl2N2O5S/c1-22-12(18)7-11-13(19)16-2-3-17(11)23(20,21)10-5-8(14)4-9(15)6-10/h4-6,11H,2-3,7H2,1H3,(H,16,19)/t11-/m1/s1. The fraction of sp³-hybridized carbons (Fsp3) is 0.385. The molecule has 0 saturated carbocycles. The Morgan fingerprint density at radius 3 is 2.52 bits per heavy atom. The maximum Gasteiger partial charge on any atom is 0.307 e. The van der Waals surface area contributed by atoms with Crippen molar-refractivity contribution in [1.29, 1.82) is 0 Å². The molecule has 1 fully saturated rings. The molecule has 1 N–H and O–H groups in total. The van der Waals surface area contributed by atoms with Crippen molar-refractivity contribution in [3.63, 3.8) is 0 Å². The van der Waals surface area contributed by atoms with Crippen LogP contribution >= 0.6 is 23.2 Å². The van der Waals surface area contributed by atoms with Crippen molar-refractivity contribution in [2.24, 2.45) is 0 Å². The molecule has 1 amide bonds. The smallest absolute Gasteiger partial charge is 0.307 e. The van der Waals surface area contributed by atoms with Crippen molar-refractivity contribution in [3.05, 3.63) is 28.2 Å². The molecule has 2 rings (SSSR count). The molecule has 7 nitrogen and oxygen atoms in total. The summed E-state index contributed by atoms with van der Waals surface area (Å²) in [5.41, 5.74) is 0. The van der Waals surface area contributed by atoms with Gasteiger partial charge >= 0.3 is 5.97 Å². The summed E-state index contributed by atoms with van der Waals surface area (Å²) in [6.07, 6.45) is -0.379. The number of carbonyl (C=O) groups excluding carboxylic acids is 2. The Morgan fingerprint density at radius 2 is 1.96 bits per heavy atom. The topological polar surface area (TPSA) is 92.8 Å². The summed E-state index contributed by atoms with van der Waals surface area (Å²) in [7, 11) is -2.88. The molecule has 0 spiro atoms. The van der Waals surface area contributed by atoms with Crippen molar-refractivity contribution in [2.45, 2.75) is 17.4 Å². The lowest BCUT2D eigenvalue weighted by molar-refractivity contribution is -0.144. The van der Waals surface area contributed by atoms with Crippen LogP contribution in [-0.2, 0) is 24.3 Å². The van der Waals surface area contributed by atoms with Gasteiger partial charge in [-0.05, 0) is 18.2 Å². The van der Waals surface area contributed by atoms with Gasteiger partial charge in [-0.1, -0.05) is 23.2 Å². The number of nitrogens with one attached hydrogen (secondary N) is 1. The predicted octanol–water partition coefficient (Wildman–Crippen LogP) is 1.05. The summed E-state index contributed by atoms with van der Waals surface area (Å²) >= 11 is 11.7. The zero-order valence-electron chi connectivity index (χ0n) is 12.1. The van der Waals surface area contributed by atoms with Gasteiger partial charge in [0, 0.05) is 23.1 Å². The van der Waals surface area contributed by atoms with E-state index in [1.807, 2.05) is 0 Å². The van der Waals surface area contributed by atoms with Crippen LogP contribution in [0, 0.1) is 0 Å². The highest BCUT2D eigenvalue weighted by Crippen LogP contribution is 2.27. The van der Waals surface area contributed by atoms with Gasteiger partial charge in [-0.25, -0.2) is 8.42 Å². The minimum absolute atomic E-state index is 0.0276. The first-order valence-electron chi connectivity index (χ1n) is 6.58. The van der Waals surface area contributed by atoms with Gasteiger partial charge in [0.1, 0.15) is 6.04 Å². The number of benzene rings is 1. The summed E-state index contributed by atoms with van der Waals surface area (Å²) < 4.78 is 31.1. The number of halogens is 2. The Bertz CT molecular complexity index is 718. The molecule has 0 unspecified atom stereocenters. The molecular weight excluding hydrogens is 367 g/mol. The second-order valence-electron chi connectivity index (χ2n) is 4.81. The van der Waals surface area contributed by atoms with Crippen LogP contribution in [0.4, 0.5) is 0 Å². The van der Waals surface area contributed by atoms with Crippen LogP contribution in [0.5, 0.6) is 0 Å². The monoisotopic (exact) mass is 380 g/mol. The van der Waals surface area contributed by atoms with Gasteiger partial charge in [-0.2, -0.15) is 4.31 Å². The van der Waals surface area contributed by atoms with E-state index in [4.69, 9.17) is 23.2 Å². The van der Waals surface area contributed by atoms with Gasteiger partial charge in [0.15, 0.2) is 0 Å². The molecule has 10 heteroatoms. The fourth-order valence-electron chi connectivity index (χ4n) is 2.23. The van der Waals surface area contributed by atoms with Crippen molar-refractivity contribution in [2.75, 3.05) is 20.2 Å². The van der Waals surface area contributed by atoms with E-state index in [9.17, 15) is 18.0 Å². The minimum Gasteiger partial charge on any atom is -0.469 e. The molecule has 1 heterocycles. The van der Waals surface area contributed by atoms with E-state index in [0.717, 1.165) is 4.31 Å². The third kappa shape index (κ3) is 3.95. The molecule has 1 aliphatic heterocycles. The summed E-state index contributed by atoms with van der Waals surface area (Å²) in [6, 6.07) is 2.70. The number of hydrogen-bond acceptors (Lipinski definition) is 5. The van der Waals surface area contributed by atoms with E-state index < -0.39 is 27.9 Å². The number of hydrogen-bond donors (Lipinski definition) is 1. The minimum atomic E-state index is -4.05. The average Bonchev–Trinajstić information content (AvgIpc) is 2.48. The Labute approximate surface area is 143 Å². The quantitative estimate of drug-likeness (QED) is 0.787. The maximum atomic E-state index is 12.8. The van der Waals surface area contributed by atoms with Crippen molar-refractivity contribution in [3.8, 4) is 0 Å².